The Morgan fingerprint density at radius 1 is 1.03 bits per heavy atom. The van der Waals surface area contributed by atoms with Crippen LogP contribution in [0.15, 0.2) is 48.6 Å². The van der Waals surface area contributed by atoms with E-state index in [9.17, 15) is 14.4 Å². The number of rotatable bonds is 15. The fraction of sp³-hybridized carbons (Fsp3) is 0.370. The number of hydrogen-bond acceptors (Lipinski definition) is 7. The molecule has 1 unspecified atom stereocenters. The number of ketones is 1. The third-order valence-electron chi connectivity index (χ3n) is 5.17. The number of halogens is 2. The number of Topliss-reactive ketones (excluding diaryl/α,β-unsaturated/α-hetero) is 1. The summed E-state index contributed by atoms with van der Waals surface area (Å²) in [7, 11) is 0. The number of carbonyl (C=O) groups excluding carboxylic acids is 3. The van der Waals surface area contributed by atoms with Crippen LogP contribution in [0.3, 0.4) is 0 Å². The fourth-order valence-corrected chi connectivity index (χ4v) is 3.58. The largest absolute Gasteiger partial charge is 0.490 e. The van der Waals surface area contributed by atoms with Gasteiger partial charge in [0.1, 0.15) is 29.2 Å². The van der Waals surface area contributed by atoms with Crippen molar-refractivity contribution in [2.75, 3.05) is 19.8 Å². The van der Waals surface area contributed by atoms with Crippen molar-refractivity contribution in [1.82, 2.24) is 5.32 Å². The molecule has 0 saturated carbocycles. The minimum absolute atomic E-state index is 0.0189. The highest BCUT2D eigenvalue weighted by atomic mass is 35.5. The van der Waals surface area contributed by atoms with Crippen molar-refractivity contribution in [1.29, 1.82) is 0 Å². The minimum atomic E-state index is -0.636. The Labute approximate surface area is 227 Å². The predicted octanol–water partition coefficient (Wildman–Crippen LogP) is 4.54. The first-order chi connectivity index (χ1) is 17.5. The molecule has 0 saturated heterocycles. The molecule has 1 amide bonds. The van der Waals surface area contributed by atoms with Crippen LogP contribution in [0.5, 0.6) is 11.5 Å². The first-order valence-electron chi connectivity index (χ1n) is 11.8. The van der Waals surface area contributed by atoms with Gasteiger partial charge in [0.15, 0.2) is 12.4 Å². The highest BCUT2D eigenvalue weighted by molar-refractivity contribution is 6.45. The van der Waals surface area contributed by atoms with Crippen LogP contribution in [0.1, 0.15) is 43.1 Å². The summed E-state index contributed by atoms with van der Waals surface area (Å²) in [5.74, 6) is -0.660. The summed E-state index contributed by atoms with van der Waals surface area (Å²) in [6.45, 7) is 9.50. The summed E-state index contributed by atoms with van der Waals surface area (Å²) in [5, 5.41) is 3.26. The number of allylic oxidation sites excluding steroid dienone is 1. The third kappa shape index (κ3) is 9.72. The van der Waals surface area contributed by atoms with Crippen LogP contribution in [0.25, 0.3) is 0 Å². The molecule has 0 heterocycles. The third-order valence-corrected chi connectivity index (χ3v) is 6.04. The molecule has 200 valence electrons. The van der Waals surface area contributed by atoms with E-state index in [4.69, 9.17) is 43.1 Å². The summed E-state index contributed by atoms with van der Waals surface area (Å²) in [6.07, 6.45) is 0.0118. The molecule has 10 heteroatoms. The average molecular weight is 551 g/mol. The van der Waals surface area contributed by atoms with Crippen LogP contribution in [0.4, 0.5) is 0 Å². The Morgan fingerprint density at radius 2 is 1.70 bits per heavy atom. The van der Waals surface area contributed by atoms with Crippen LogP contribution in [-0.4, -0.2) is 49.6 Å². The second kappa shape index (κ2) is 14.6. The lowest BCUT2D eigenvalue weighted by Gasteiger charge is -2.21. The molecule has 0 bridgehead atoms. The Kier molecular flexibility index (Phi) is 11.9. The Morgan fingerprint density at radius 3 is 2.30 bits per heavy atom. The molecule has 3 N–H and O–H groups in total. The van der Waals surface area contributed by atoms with E-state index >= 15 is 0 Å². The van der Waals surface area contributed by atoms with Crippen LogP contribution >= 0.6 is 23.2 Å². The standard InChI is InChI=1S/C27H32Cl2N2O6/c1-5-17(4)27(34)21-10-11-22(26(29)25(21)28)36-15-24(33)37-20(13-31-16(2)3)14-35-19-8-6-18(7-9-19)12-23(30)32/h6-11,16,20,31H,4-5,12-15H2,1-3H3,(H2,30,32). The highest BCUT2D eigenvalue weighted by Gasteiger charge is 2.20. The normalized spacial score (nSPS) is 11.6. The van der Waals surface area contributed by atoms with Gasteiger partial charge in [-0.25, -0.2) is 4.79 Å². The Hall–Kier alpha value is -3.07. The molecule has 1 atom stereocenters. The topological polar surface area (TPSA) is 117 Å². The molecule has 0 aliphatic carbocycles. The van der Waals surface area contributed by atoms with Gasteiger partial charge < -0.3 is 25.3 Å². The van der Waals surface area contributed by atoms with E-state index in [-0.39, 0.29) is 46.2 Å². The Bertz CT molecular complexity index is 1120. The van der Waals surface area contributed by atoms with Crippen molar-refractivity contribution < 1.29 is 28.6 Å². The van der Waals surface area contributed by atoms with Crippen molar-refractivity contribution in [2.24, 2.45) is 5.73 Å². The number of amides is 1. The summed E-state index contributed by atoms with van der Waals surface area (Å²) >= 11 is 12.5. The quantitative estimate of drug-likeness (QED) is 0.190. The van der Waals surface area contributed by atoms with Crippen molar-refractivity contribution in [2.45, 2.75) is 45.8 Å². The maximum atomic E-state index is 12.5. The fourth-order valence-electron chi connectivity index (χ4n) is 3.12. The SMILES string of the molecule is C=C(CC)C(=O)c1ccc(OCC(=O)OC(CNC(C)C)COc2ccc(CC(N)=O)cc2)c(Cl)c1Cl. The lowest BCUT2D eigenvalue weighted by molar-refractivity contribution is -0.152. The minimum Gasteiger partial charge on any atom is -0.490 e. The van der Waals surface area contributed by atoms with E-state index in [0.717, 1.165) is 5.56 Å². The van der Waals surface area contributed by atoms with Gasteiger partial charge in [-0.1, -0.05) is 62.7 Å². The molecule has 0 aliphatic rings. The number of benzene rings is 2. The molecule has 0 aliphatic heterocycles. The van der Waals surface area contributed by atoms with Gasteiger partial charge in [0.05, 0.1) is 11.4 Å². The lowest BCUT2D eigenvalue weighted by atomic mass is 10.0. The summed E-state index contributed by atoms with van der Waals surface area (Å²) in [6, 6.07) is 10.0. The zero-order chi connectivity index (χ0) is 27.5. The first-order valence-corrected chi connectivity index (χ1v) is 12.5. The molecular formula is C27H32Cl2N2O6. The molecular weight excluding hydrogens is 519 g/mol. The monoisotopic (exact) mass is 550 g/mol. The molecule has 0 radical (unpaired) electrons. The van der Waals surface area contributed by atoms with E-state index < -0.39 is 24.6 Å². The van der Waals surface area contributed by atoms with Crippen LogP contribution < -0.4 is 20.5 Å². The Balaban J connectivity index is 1.98. The number of hydrogen-bond donors (Lipinski definition) is 2. The number of primary amides is 1. The number of nitrogens with one attached hydrogen (secondary N) is 1. The number of carbonyl (C=O) groups is 3. The van der Waals surface area contributed by atoms with Crippen LogP contribution in [-0.2, 0) is 20.7 Å². The maximum absolute atomic E-state index is 12.5. The molecule has 8 nitrogen and oxygen atoms in total. The van der Waals surface area contributed by atoms with E-state index in [1.54, 1.807) is 24.3 Å². The molecule has 2 rings (SSSR count). The van der Waals surface area contributed by atoms with E-state index in [1.165, 1.54) is 12.1 Å². The van der Waals surface area contributed by atoms with Gasteiger partial charge in [-0.15, -0.1) is 0 Å². The van der Waals surface area contributed by atoms with Crippen molar-refractivity contribution >= 4 is 40.9 Å². The maximum Gasteiger partial charge on any atom is 0.344 e. The second-order valence-electron chi connectivity index (χ2n) is 8.59. The number of ether oxygens (including phenoxy) is 3. The van der Waals surface area contributed by atoms with Crippen molar-refractivity contribution in [3.63, 3.8) is 0 Å². The van der Waals surface area contributed by atoms with Crippen molar-refractivity contribution in [3.05, 3.63) is 69.7 Å². The van der Waals surface area contributed by atoms with Gasteiger partial charge in [-0.2, -0.15) is 0 Å². The van der Waals surface area contributed by atoms with Gasteiger partial charge >= 0.3 is 5.97 Å². The summed E-state index contributed by atoms with van der Waals surface area (Å²) in [4.78, 5) is 35.9. The smallest absolute Gasteiger partial charge is 0.344 e. The first kappa shape index (κ1) is 30.2. The molecule has 0 fully saturated rings. The van der Waals surface area contributed by atoms with Gasteiger partial charge in [-0.3, -0.25) is 9.59 Å². The summed E-state index contributed by atoms with van der Waals surface area (Å²) < 4.78 is 16.8. The van der Waals surface area contributed by atoms with Gasteiger partial charge in [-0.05, 0) is 41.8 Å². The summed E-state index contributed by atoms with van der Waals surface area (Å²) in [5.41, 5.74) is 6.60. The molecule has 37 heavy (non-hydrogen) atoms. The highest BCUT2D eigenvalue weighted by Crippen LogP contribution is 2.35. The predicted molar refractivity (Wildman–Crippen MR) is 144 cm³/mol. The van der Waals surface area contributed by atoms with Gasteiger partial charge in [0, 0.05) is 18.2 Å². The number of nitrogens with two attached hydrogens (primary N) is 1. The second-order valence-corrected chi connectivity index (χ2v) is 9.34. The zero-order valence-electron chi connectivity index (χ0n) is 21.1. The average Bonchev–Trinajstić information content (AvgIpc) is 2.86. The molecule has 2 aromatic rings. The van der Waals surface area contributed by atoms with E-state index in [1.807, 2.05) is 20.8 Å². The van der Waals surface area contributed by atoms with Crippen LogP contribution in [0.2, 0.25) is 10.0 Å². The number of esters is 1. The zero-order valence-corrected chi connectivity index (χ0v) is 22.7. The van der Waals surface area contributed by atoms with Crippen LogP contribution in [0, 0.1) is 0 Å². The van der Waals surface area contributed by atoms with Gasteiger partial charge in [0.25, 0.3) is 0 Å². The van der Waals surface area contributed by atoms with Gasteiger partial charge in [0.2, 0.25) is 5.91 Å². The van der Waals surface area contributed by atoms with Crippen molar-refractivity contribution in [3.8, 4) is 11.5 Å². The van der Waals surface area contributed by atoms with E-state index in [2.05, 4.69) is 11.9 Å². The molecule has 0 aromatic heterocycles. The molecule has 0 spiro atoms. The molecule has 2 aromatic carbocycles. The lowest BCUT2D eigenvalue weighted by Crippen LogP contribution is -2.39. The van der Waals surface area contributed by atoms with E-state index in [0.29, 0.717) is 24.3 Å².